The molecule has 6 heteroatoms. The first-order valence-electron chi connectivity index (χ1n) is 6.30. The van der Waals surface area contributed by atoms with E-state index in [-0.39, 0.29) is 29.5 Å². The number of carbonyl (C=O) groups is 3. The lowest BCUT2D eigenvalue weighted by atomic mass is 9.81. The van der Waals surface area contributed by atoms with Crippen LogP contribution in [0.2, 0.25) is 0 Å². The zero-order chi connectivity index (χ0) is 14.9. The van der Waals surface area contributed by atoms with Gasteiger partial charge in [0, 0.05) is 19.0 Å². The van der Waals surface area contributed by atoms with Crippen LogP contribution in [-0.4, -0.2) is 32.8 Å². The minimum Gasteiger partial charge on any atom is -0.477 e. The maximum Gasteiger partial charge on any atom is 0.354 e. The molecule has 1 saturated heterocycles. The van der Waals surface area contributed by atoms with E-state index in [1.54, 1.807) is 6.07 Å². The first kappa shape index (κ1) is 14.2. The zero-order valence-electron chi connectivity index (χ0n) is 11.4. The number of aromatic carboxylic acids is 1. The van der Waals surface area contributed by atoms with Gasteiger partial charge >= 0.3 is 5.97 Å². The Morgan fingerprint density at radius 1 is 1.30 bits per heavy atom. The number of likely N-dealkylation sites (tertiary alicyclic amines) is 1. The van der Waals surface area contributed by atoms with Crippen molar-refractivity contribution >= 4 is 17.8 Å². The molecule has 1 N–H and O–H groups in total. The minimum absolute atomic E-state index is 0.0637. The number of nitrogens with zero attached hydrogens (tertiary/aromatic N) is 2. The van der Waals surface area contributed by atoms with Crippen molar-refractivity contribution in [2.24, 2.45) is 5.41 Å². The monoisotopic (exact) mass is 276 g/mol. The van der Waals surface area contributed by atoms with Crippen molar-refractivity contribution in [2.75, 3.05) is 0 Å². The smallest absolute Gasteiger partial charge is 0.354 e. The van der Waals surface area contributed by atoms with Crippen LogP contribution in [0.3, 0.4) is 0 Å². The molecule has 0 aliphatic carbocycles. The number of piperidine rings is 1. The number of carboxylic acid groups (broad SMARTS) is 1. The third-order valence-corrected chi connectivity index (χ3v) is 3.25. The third kappa shape index (κ3) is 3.01. The standard InChI is InChI=1S/C14H16N2O4/c1-14(2)5-11(17)16(12(18)6-14)8-9-3-4-10(13(19)20)15-7-9/h3-4,7H,5-6,8H2,1-2H3,(H,19,20). The summed E-state index contributed by atoms with van der Waals surface area (Å²) in [5.41, 5.74) is 0.276. The second-order valence-electron chi connectivity index (χ2n) is 5.75. The first-order valence-corrected chi connectivity index (χ1v) is 6.30. The summed E-state index contributed by atoms with van der Waals surface area (Å²) in [7, 11) is 0. The Bertz CT molecular complexity index is 543. The second kappa shape index (κ2) is 5.03. The molecule has 0 saturated carbocycles. The highest BCUT2D eigenvalue weighted by molar-refractivity contribution is 5.98. The van der Waals surface area contributed by atoms with Gasteiger partial charge in [0.1, 0.15) is 5.69 Å². The van der Waals surface area contributed by atoms with Gasteiger partial charge in [0.25, 0.3) is 0 Å². The number of aromatic nitrogens is 1. The van der Waals surface area contributed by atoms with Gasteiger partial charge in [-0.1, -0.05) is 19.9 Å². The molecule has 0 bridgehead atoms. The molecule has 106 valence electrons. The molecule has 1 aromatic heterocycles. The Hall–Kier alpha value is -2.24. The average molecular weight is 276 g/mol. The van der Waals surface area contributed by atoms with Crippen LogP contribution >= 0.6 is 0 Å². The van der Waals surface area contributed by atoms with Gasteiger partial charge < -0.3 is 5.11 Å². The Kier molecular flexibility index (Phi) is 3.57. The fraction of sp³-hybridized carbons (Fsp3) is 0.429. The summed E-state index contributed by atoms with van der Waals surface area (Å²) in [6, 6.07) is 2.93. The average Bonchev–Trinajstić information content (AvgIpc) is 2.33. The molecule has 0 unspecified atom stereocenters. The molecule has 0 radical (unpaired) electrons. The SMILES string of the molecule is CC1(C)CC(=O)N(Cc2ccc(C(=O)O)nc2)C(=O)C1. The number of hydrogen-bond acceptors (Lipinski definition) is 4. The molecule has 6 nitrogen and oxygen atoms in total. The molecule has 0 spiro atoms. The summed E-state index contributed by atoms with van der Waals surface area (Å²) in [6.07, 6.45) is 2.04. The van der Waals surface area contributed by atoms with E-state index in [1.165, 1.54) is 17.2 Å². The summed E-state index contributed by atoms with van der Waals surface area (Å²) >= 11 is 0. The number of carboxylic acids is 1. The van der Waals surface area contributed by atoms with Crippen molar-refractivity contribution in [2.45, 2.75) is 33.2 Å². The number of carbonyl (C=O) groups excluding carboxylic acids is 2. The van der Waals surface area contributed by atoms with Crippen LogP contribution in [0.15, 0.2) is 18.3 Å². The lowest BCUT2D eigenvalue weighted by molar-refractivity contribution is -0.153. The van der Waals surface area contributed by atoms with Gasteiger partial charge in [-0.3, -0.25) is 14.5 Å². The Morgan fingerprint density at radius 2 is 1.90 bits per heavy atom. The van der Waals surface area contributed by atoms with E-state index in [1.807, 2.05) is 13.8 Å². The van der Waals surface area contributed by atoms with Crippen LogP contribution < -0.4 is 0 Å². The second-order valence-corrected chi connectivity index (χ2v) is 5.75. The van der Waals surface area contributed by atoms with Gasteiger partial charge in [-0.25, -0.2) is 9.78 Å². The summed E-state index contributed by atoms with van der Waals surface area (Å²) in [6.45, 7) is 3.92. The third-order valence-electron chi connectivity index (χ3n) is 3.25. The van der Waals surface area contributed by atoms with Crippen LogP contribution in [0, 0.1) is 5.41 Å². The van der Waals surface area contributed by atoms with Crippen LogP contribution in [0.25, 0.3) is 0 Å². The molecule has 2 rings (SSSR count). The number of hydrogen-bond donors (Lipinski definition) is 1. The molecule has 1 aliphatic rings. The van der Waals surface area contributed by atoms with Crippen molar-refractivity contribution in [3.05, 3.63) is 29.6 Å². The highest BCUT2D eigenvalue weighted by Crippen LogP contribution is 2.32. The summed E-state index contributed by atoms with van der Waals surface area (Å²) in [5.74, 6) is -1.51. The normalized spacial score (nSPS) is 18.2. The van der Waals surface area contributed by atoms with Gasteiger partial charge in [-0.15, -0.1) is 0 Å². The van der Waals surface area contributed by atoms with E-state index < -0.39 is 5.97 Å². The number of imide groups is 1. The fourth-order valence-corrected chi connectivity index (χ4v) is 2.21. The Labute approximate surface area is 116 Å². The number of pyridine rings is 1. The highest BCUT2D eigenvalue weighted by Gasteiger charge is 2.37. The van der Waals surface area contributed by atoms with E-state index in [2.05, 4.69) is 4.98 Å². The maximum absolute atomic E-state index is 12.0. The van der Waals surface area contributed by atoms with Gasteiger partial charge in [0.2, 0.25) is 11.8 Å². The van der Waals surface area contributed by atoms with Gasteiger partial charge in [0.05, 0.1) is 6.54 Å². The van der Waals surface area contributed by atoms with E-state index >= 15 is 0 Å². The van der Waals surface area contributed by atoms with Crippen LogP contribution in [-0.2, 0) is 16.1 Å². The van der Waals surface area contributed by atoms with Crippen LogP contribution in [0.4, 0.5) is 0 Å². The van der Waals surface area contributed by atoms with E-state index in [4.69, 9.17) is 5.11 Å². The lowest BCUT2D eigenvalue weighted by Gasteiger charge is -2.34. The molecule has 1 aromatic rings. The highest BCUT2D eigenvalue weighted by atomic mass is 16.4. The summed E-state index contributed by atoms with van der Waals surface area (Å²) in [4.78, 5) is 39.7. The molecule has 2 heterocycles. The van der Waals surface area contributed by atoms with E-state index in [0.29, 0.717) is 18.4 Å². The van der Waals surface area contributed by atoms with E-state index in [9.17, 15) is 14.4 Å². The quantitative estimate of drug-likeness (QED) is 0.844. The van der Waals surface area contributed by atoms with Crippen LogP contribution in [0.5, 0.6) is 0 Å². The van der Waals surface area contributed by atoms with Crippen molar-refractivity contribution in [1.82, 2.24) is 9.88 Å². The lowest BCUT2D eigenvalue weighted by Crippen LogP contribution is -2.45. The number of rotatable bonds is 3. The molecule has 1 aliphatic heterocycles. The van der Waals surface area contributed by atoms with Crippen molar-refractivity contribution < 1.29 is 19.5 Å². The first-order chi connectivity index (χ1) is 9.28. The van der Waals surface area contributed by atoms with E-state index in [0.717, 1.165) is 0 Å². The fourth-order valence-electron chi connectivity index (χ4n) is 2.21. The van der Waals surface area contributed by atoms with Crippen LogP contribution in [0.1, 0.15) is 42.7 Å². The van der Waals surface area contributed by atoms with Crippen molar-refractivity contribution in [3.8, 4) is 0 Å². The molecular formula is C14H16N2O4. The molecule has 0 aromatic carbocycles. The van der Waals surface area contributed by atoms with Crippen molar-refractivity contribution in [1.29, 1.82) is 0 Å². The van der Waals surface area contributed by atoms with Gasteiger partial charge in [-0.05, 0) is 17.0 Å². The summed E-state index contributed by atoms with van der Waals surface area (Å²) in [5, 5.41) is 8.76. The topological polar surface area (TPSA) is 87.6 Å². The Balaban J connectivity index is 2.11. The van der Waals surface area contributed by atoms with Gasteiger partial charge in [-0.2, -0.15) is 0 Å². The minimum atomic E-state index is -1.11. The Morgan fingerprint density at radius 3 is 2.35 bits per heavy atom. The van der Waals surface area contributed by atoms with Gasteiger partial charge in [0.15, 0.2) is 0 Å². The number of amides is 2. The largest absolute Gasteiger partial charge is 0.477 e. The predicted octanol–water partition coefficient (Wildman–Crippen LogP) is 1.46. The molecule has 0 atom stereocenters. The molecule has 2 amide bonds. The summed E-state index contributed by atoms with van der Waals surface area (Å²) < 4.78 is 0. The molecule has 20 heavy (non-hydrogen) atoms. The molecular weight excluding hydrogens is 260 g/mol. The molecule has 1 fully saturated rings. The predicted molar refractivity (Wildman–Crippen MR) is 69.8 cm³/mol. The van der Waals surface area contributed by atoms with Crippen molar-refractivity contribution in [3.63, 3.8) is 0 Å². The maximum atomic E-state index is 12.0. The zero-order valence-corrected chi connectivity index (χ0v) is 11.4.